The van der Waals surface area contributed by atoms with Crippen molar-refractivity contribution >= 4 is 15.8 Å². The zero-order valence-electron chi connectivity index (χ0n) is 10.9. The Morgan fingerprint density at radius 1 is 1.30 bits per heavy atom. The molecule has 0 saturated carbocycles. The van der Waals surface area contributed by atoms with E-state index in [9.17, 15) is 26.4 Å². The highest BCUT2D eigenvalue weighted by atomic mass is 32.2. The Hall–Kier alpha value is -1.41. The van der Waals surface area contributed by atoms with Crippen molar-refractivity contribution in [3.63, 3.8) is 0 Å². The molecule has 0 amide bonds. The van der Waals surface area contributed by atoms with Gasteiger partial charge in [0.05, 0.1) is 11.3 Å². The van der Waals surface area contributed by atoms with Gasteiger partial charge < -0.3 is 0 Å². The molecule has 0 spiro atoms. The summed E-state index contributed by atoms with van der Waals surface area (Å²) in [4.78, 5) is 11.0. The fourth-order valence-corrected chi connectivity index (χ4v) is 2.68. The van der Waals surface area contributed by atoms with Gasteiger partial charge in [0.15, 0.2) is 5.78 Å². The highest BCUT2D eigenvalue weighted by Crippen LogP contribution is 2.22. The molecule has 0 aliphatic carbocycles. The van der Waals surface area contributed by atoms with E-state index >= 15 is 0 Å². The van der Waals surface area contributed by atoms with Crippen LogP contribution in [0.25, 0.3) is 0 Å². The first kappa shape index (κ1) is 16.6. The predicted molar refractivity (Wildman–Crippen MR) is 66.9 cm³/mol. The van der Waals surface area contributed by atoms with Crippen molar-refractivity contribution in [3.8, 4) is 0 Å². The Bertz CT molecular complexity index is 596. The number of benzene rings is 1. The summed E-state index contributed by atoms with van der Waals surface area (Å²) in [5, 5.41) is 0. The summed E-state index contributed by atoms with van der Waals surface area (Å²) < 4.78 is 61.1. The zero-order chi connectivity index (χ0) is 15.6. The summed E-state index contributed by atoms with van der Waals surface area (Å²) in [5.74, 6) is -0.319. The SMILES string of the molecule is CC(=O)c1cccc(S(=O)(=O)N(C)CCC(F)(F)F)c1. The topological polar surface area (TPSA) is 54.5 Å². The third kappa shape index (κ3) is 4.31. The average Bonchev–Trinajstić information content (AvgIpc) is 2.35. The van der Waals surface area contributed by atoms with E-state index in [1.807, 2.05) is 0 Å². The van der Waals surface area contributed by atoms with Gasteiger partial charge in [0.1, 0.15) is 0 Å². The Morgan fingerprint density at radius 3 is 2.40 bits per heavy atom. The monoisotopic (exact) mass is 309 g/mol. The van der Waals surface area contributed by atoms with Gasteiger partial charge in [0.25, 0.3) is 0 Å². The summed E-state index contributed by atoms with van der Waals surface area (Å²) >= 11 is 0. The van der Waals surface area contributed by atoms with Crippen LogP contribution < -0.4 is 0 Å². The van der Waals surface area contributed by atoms with Crippen LogP contribution in [0.1, 0.15) is 23.7 Å². The van der Waals surface area contributed by atoms with Crippen molar-refractivity contribution < 1.29 is 26.4 Å². The van der Waals surface area contributed by atoms with E-state index in [4.69, 9.17) is 0 Å². The molecule has 20 heavy (non-hydrogen) atoms. The Morgan fingerprint density at radius 2 is 1.90 bits per heavy atom. The van der Waals surface area contributed by atoms with Crippen molar-refractivity contribution in [2.24, 2.45) is 0 Å². The minimum atomic E-state index is -4.43. The van der Waals surface area contributed by atoms with Crippen LogP contribution in [0.15, 0.2) is 29.2 Å². The van der Waals surface area contributed by atoms with Gasteiger partial charge in [0.2, 0.25) is 10.0 Å². The molecule has 0 fully saturated rings. The molecular formula is C12H14F3NO3S. The molecular weight excluding hydrogens is 295 g/mol. The second-order valence-electron chi connectivity index (χ2n) is 4.28. The second-order valence-corrected chi connectivity index (χ2v) is 6.32. The van der Waals surface area contributed by atoms with Gasteiger partial charge >= 0.3 is 6.18 Å². The van der Waals surface area contributed by atoms with Crippen LogP contribution in [0.3, 0.4) is 0 Å². The summed E-state index contributed by atoms with van der Waals surface area (Å²) in [7, 11) is -2.97. The summed E-state index contributed by atoms with van der Waals surface area (Å²) in [6.07, 6.45) is -5.65. The smallest absolute Gasteiger partial charge is 0.295 e. The molecule has 0 saturated heterocycles. The summed E-state index contributed by atoms with van der Waals surface area (Å²) in [6, 6.07) is 5.21. The molecule has 1 rings (SSSR count). The number of Topliss-reactive ketones (excluding diaryl/α,β-unsaturated/α-hetero) is 1. The van der Waals surface area contributed by atoms with Crippen LogP contribution >= 0.6 is 0 Å². The van der Waals surface area contributed by atoms with Gasteiger partial charge in [-0.2, -0.15) is 13.2 Å². The molecule has 8 heteroatoms. The van der Waals surface area contributed by atoms with E-state index in [-0.39, 0.29) is 16.2 Å². The number of alkyl halides is 3. The fraction of sp³-hybridized carbons (Fsp3) is 0.417. The van der Waals surface area contributed by atoms with Crippen LogP contribution in [0.5, 0.6) is 0 Å². The van der Waals surface area contributed by atoms with E-state index < -0.39 is 29.2 Å². The Balaban J connectivity index is 2.98. The molecule has 1 aromatic rings. The maximum Gasteiger partial charge on any atom is 0.390 e. The van der Waals surface area contributed by atoms with E-state index in [0.717, 1.165) is 13.1 Å². The number of ketones is 1. The molecule has 0 aliphatic rings. The van der Waals surface area contributed by atoms with Crippen LogP contribution in [-0.2, 0) is 10.0 Å². The summed E-state index contributed by atoms with van der Waals surface area (Å²) in [6.45, 7) is 0.606. The highest BCUT2D eigenvalue weighted by Gasteiger charge is 2.30. The number of carbonyl (C=O) groups is 1. The van der Waals surface area contributed by atoms with E-state index in [1.54, 1.807) is 0 Å². The number of nitrogens with zero attached hydrogens (tertiary/aromatic N) is 1. The predicted octanol–water partition coefficient (Wildman–Crippen LogP) is 2.46. The van der Waals surface area contributed by atoms with Crippen molar-refractivity contribution in [2.75, 3.05) is 13.6 Å². The Kier molecular flexibility index (Phi) is 4.93. The maximum atomic E-state index is 12.1. The first-order valence-corrected chi connectivity index (χ1v) is 7.12. The van der Waals surface area contributed by atoms with Gasteiger partial charge in [-0.15, -0.1) is 0 Å². The summed E-state index contributed by atoms with van der Waals surface area (Å²) in [5.41, 5.74) is 0.190. The largest absolute Gasteiger partial charge is 0.390 e. The van der Waals surface area contributed by atoms with Crippen molar-refractivity contribution in [1.29, 1.82) is 0 Å². The molecule has 0 aromatic heterocycles. The molecule has 0 radical (unpaired) electrons. The standard InChI is InChI=1S/C12H14F3NO3S/c1-9(17)10-4-3-5-11(8-10)20(18,19)16(2)7-6-12(13,14)15/h3-5,8H,6-7H2,1-2H3. The quantitative estimate of drug-likeness (QED) is 0.785. The number of halogens is 3. The van der Waals surface area contributed by atoms with Gasteiger partial charge in [-0.1, -0.05) is 12.1 Å². The molecule has 4 nitrogen and oxygen atoms in total. The molecule has 0 bridgehead atoms. The maximum absolute atomic E-state index is 12.1. The molecule has 0 heterocycles. The lowest BCUT2D eigenvalue weighted by Gasteiger charge is -2.18. The average molecular weight is 309 g/mol. The number of sulfonamides is 1. The minimum Gasteiger partial charge on any atom is -0.295 e. The molecule has 1 aromatic carbocycles. The lowest BCUT2D eigenvalue weighted by Crippen LogP contribution is -2.30. The third-order valence-electron chi connectivity index (χ3n) is 2.66. The second kappa shape index (κ2) is 5.92. The lowest BCUT2D eigenvalue weighted by atomic mass is 10.2. The number of hydrogen-bond acceptors (Lipinski definition) is 3. The van der Waals surface area contributed by atoms with Crippen molar-refractivity contribution in [2.45, 2.75) is 24.4 Å². The first-order chi connectivity index (χ1) is 9.04. The minimum absolute atomic E-state index is 0.190. The van der Waals surface area contributed by atoms with Gasteiger partial charge in [-0.3, -0.25) is 4.79 Å². The molecule has 0 unspecified atom stereocenters. The third-order valence-corrected chi connectivity index (χ3v) is 4.51. The van der Waals surface area contributed by atoms with E-state index in [2.05, 4.69) is 0 Å². The fourth-order valence-electron chi connectivity index (χ4n) is 1.46. The van der Waals surface area contributed by atoms with Crippen molar-refractivity contribution in [3.05, 3.63) is 29.8 Å². The first-order valence-electron chi connectivity index (χ1n) is 5.68. The van der Waals surface area contributed by atoms with Crippen LogP contribution in [0.2, 0.25) is 0 Å². The highest BCUT2D eigenvalue weighted by molar-refractivity contribution is 7.89. The van der Waals surface area contributed by atoms with Crippen LogP contribution in [-0.4, -0.2) is 38.3 Å². The molecule has 0 N–H and O–H groups in total. The zero-order valence-corrected chi connectivity index (χ0v) is 11.8. The lowest BCUT2D eigenvalue weighted by molar-refractivity contribution is -0.135. The van der Waals surface area contributed by atoms with Crippen LogP contribution in [0.4, 0.5) is 13.2 Å². The number of carbonyl (C=O) groups excluding carboxylic acids is 1. The van der Waals surface area contributed by atoms with Gasteiger partial charge in [-0.25, -0.2) is 12.7 Å². The normalized spacial score (nSPS) is 12.7. The van der Waals surface area contributed by atoms with E-state index in [1.165, 1.54) is 25.1 Å². The molecule has 0 atom stereocenters. The molecule has 112 valence electrons. The number of hydrogen-bond donors (Lipinski definition) is 0. The molecule has 0 aliphatic heterocycles. The van der Waals surface area contributed by atoms with Crippen molar-refractivity contribution in [1.82, 2.24) is 4.31 Å². The number of rotatable bonds is 5. The van der Waals surface area contributed by atoms with E-state index in [0.29, 0.717) is 4.31 Å². The van der Waals surface area contributed by atoms with Gasteiger partial charge in [0, 0.05) is 19.2 Å². The van der Waals surface area contributed by atoms with Gasteiger partial charge in [-0.05, 0) is 19.1 Å². The van der Waals surface area contributed by atoms with Crippen LogP contribution in [0, 0.1) is 0 Å². The Labute approximate surface area is 115 Å².